The second-order valence-corrected chi connectivity index (χ2v) is 11.7. The van der Waals surface area contributed by atoms with Gasteiger partial charge in [0, 0.05) is 63.1 Å². The van der Waals surface area contributed by atoms with Gasteiger partial charge in [-0.05, 0) is 66.7 Å². The summed E-state index contributed by atoms with van der Waals surface area (Å²) in [5.41, 5.74) is 4.25. The normalized spacial score (nSPS) is 11.9. The van der Waals surface area contributed by atoms with Gasteiger partial charge in [0.15, 0.2) is 4.90 Å². The van der Waals surface area contributed by atoms with E-state index in [-0.39, 0.29) is 0 Å². The fourth-order valence-corrected chi connectivity index (χ4v) is 7.66. The van der Waals surface area contributed by atoms with E-state index in [0.29, 0.717) is 0 Å². The average molecular weight is 532 g/mol. The first-order valence-corrected chi connectivity index (χ1v) is 14.0. The van der Waals surface area contributed by atoms with Crippen molar-refractivity contribution in [3.8, 4) is 0 Å². The van der Waals surface area contributed by atoms with Gasteiger partial charge in [-0.2, -0.15) is 0 Å². The minimum Gasteiger partial charge on any atom is -0.445 e. The van der Waals surface area contributed by atoms with Crippen molar-refractivity contribution in [3.05, 3.63) is 114 Å². The summed E-state index contributed by atoms with van der Waals surface area (Å²) in [6.45, 7) is 0. The Bertz CT molecular complexity index is 2120. The first-order valence-electron chi connectivity index (χ1n) is 12.0. The minimum atomic E-state index is 0.720. The van der Waals surface area contributed by atoms with Crippen LogP contribution in [-0.4, -0.2) is 0 Å². The highest BCUT2D eigenvalue weighted by Crippen LogP contribution is 2.45. The van der Waals surface area contributed by atoms with Crippen molar-refractivity contribution < 1.29 is 4.42 Å². The summed E-state index contributed by atoms with van der Waals surface area (Å²) in [7, 11) is 0. The van der Waals surface area contributed by atoms with Crippen molar-refractivity contribution in [2.24, 2.45) is 0 Å². The molecule has 0 fully saturated rings. The van der Waals surface area contributed by atoms with Crippen molar-refractivity contribution in [1.82, 2.24) is 0 Å². The molecule has 5 aromatic carbocycles. The highest BCUT2D eigenvalue weighted by molar-refractivity contribution is 7.26. The molecule has 0 aliphatic carbocycles. The van der Waals surface area contributed by atoms with Crippen LogP contribution in [0.1, 0.15) is 0 Å². The number of fused-ring (bicyclic) bond motifs is 8. The van der Waals surface area contributed by atoms with Crippen molar-refractivity contribution >= 4 is 103 Å². The van der Waals surface area contributed by atoms with Gasteiger partial charge in [0.05, 0.1) is 0 Å². The van der Waals surface area contributed by atoms with Gasteiger partial charge in [0.2, 0.25) is 0 Å². The Morgan fingerprint density at radius 2 is 1.32 bits per heavy atom. The number of rotatable bonds is 3. The Labute approximate surface area is 225 Å². The first-order chi connectivity index (χ1) is 18.2. The van der Waals surface area contributed by atoms with Crippen molar-refractivity contribution in [2.45, 2.75) is 0 Å². The molecule has 0 bridgehead atoms. The van der Waals surface area contributed by atoms with Crippen molar-refractivity contribution in [2.75, 3.05) is 4.90 Å². The highest BCUT2D eigenvalue weighted by Gasteiger charge is 2.18. The predicted molar refractivity (Wildman–Crippen MR) is 162 cm³/mol. The Balaban J connectivity index is 1.35. The van der Waals surface area contributed by atoms with E-state index in [1.807, 2.05) is 29.5 Å². The second kappa shape index (κ2) is 8.09. The third-order valence-electron chi connectivity index (χ3n) is 6.95. The fourth-order valence-electron chi connectivity index (χ4n) is 5.29. The smallest absolute Gasteiger partial charge is 0.190 e. The van der Waals surface area contributed by atoms with Gasteiger partial charge in [-0.25, -0.2) is 0 Å². The zero-order valence-electron chi connectivity index (χ0n) is 19.4. The van der Waals surface area contributed by atoms with E-state index in [4.69, 9.17) is 16.0 Å². The van der Waals surface area contributed by atoms with Crippen LogP contribution in [0.15, 0.2) is 114 Å². The third kappa shape index (κ3) is 3.30. The summed E-state index contributed by atoms with van der Waals surface area (Å²) in [6.07, 6.45) is 0. The molecule has 0 atom stereocenters. The monoisotopic (exact) mass is 531 g/mol. The average Bonchev–Trinajstić information content (AvgIpc) is 3.58. The van der Waals surface area contributed by atoms with Crippen LogP contribution < -0.4 is 4.90 Å². The van der Waals surface area contributed by atoms with Crippen LogP contribution in [0.3, 0.4) is 0 Å². The summed E-state index contributed by atoms with van der Waals surface area (Å²) in [4.78, 5) is 3.27. The molecule has 37 heavy (non-hydrogen) atoms. The summed E-state index contributed by atoms with van der Waals surface area (Å²) in [5.74, 6) is 0. The molecule has 8 rings (SSSR count). The maximum Gasteiger partial charge on any atom is 0.190 e. The molecule has 5 heteroatoms. The van der Waals surface area contributed by atoms with Crippen molar-refractivity contribution in [3.63, 3.8) is 0 Å². The van der Waals surface area contributed by atoms with Crippen LogP contribution in [0.4, 0.5) is 17.1 Å². The Kier molecular flexibility index (Phi) is 4.65. The van der Waals surface area contributed by atoms with Crippen LogP contribution in [0, 0.1) is 0 Å². The quantitative estimate of drug-likeness (QED) is 0.225. The van der Waals surface area contributed by atoms with E-state index in [1.165, 1.54) is 30.3 Å². The van der Waals surface area contributed by atoms with Crippen LogP contribution in [0.5, 0.6) is 0 Å². The van der Waals surface area contributed by atoms with Crippen molar-refractivity contribution in [1.29, 1.82) is 0 Å². The zero-order chi connectivity index (χ0) is 24.5. The van der Waals surface area contributed by atoms with E-state index in [9.17, 15) is 0 Å². The lowest BCUT2D eigenvalue weighted by molar-refractivity contribution is 0.678. The van der Waals surface area contributed by atoms with Crippen LogP contribution in [-0.2, 0) is 0 Å². The first kappa shape index (κ1) is 21.3. The molecule has 3 aromatic heterocycles. The van der Waals surface area contributed by atoms with Gasteiger partial charge in [-0.3, -0.25) is 0 Å². The standard InChI is InChI=1S/C32H18ClNOS2/c33-19-10-14-27-26(16-19)31-24-13-11-22(18-30(24)37-32(31)35-27)34(20-6-2-1-3-7-20)21-12-15-29-25(17-21)23-8-4-5-9-28(23)36-29/h1-18H. The number of hydrogen-bond acceptors (Lipinski definition) is 4. The number of thiophene rings is 2. The Hall–Kier alpha value is -3.83. The molecule has 3 heterocycles. The second-order valence-electron chi connectivity index (χ2n) is 9.14. The number of furan rings is 1. The SMILES string of the molecule is Clc1ccc2oc3sc4cc(N(c5ccccc5)c5ccc6sc7ccccc7c6c5)ccc4c3c2c1. The number of anilines is 3. The maximum absolute atomic E-state index is 6.32. The van der Waals surface area contributed by atoms with Gasteiger partial charge in [0.1, 0.15) is 5.58 Å². The molecule has 0 saturated carbocycles. The highest BCUT2D eigenvalue weighted by atomic mass is 35.5. The van der Waals surface area contributed by atoms with Gasteiger partial charge in [-0.1, -0.05) is 65.4 Å². The van der Waals surface area contributed by atoms with E-state index in [2.05, 4.69) is 95.9 Å². The lowest BCUT2D eigenvalue weighted by atomic mass is 10.1. The summed E-state index contributed by atoms with van der Waals surface area (Å²) >= 11 is 9.85. The van der Waals surface area contributed by atoms with Gasteiger partial charge < -0.3 is 9.32 Å². The molecule has 0 spiro atoms. The Morgan fingerprint density at radius 1 is 0.541 bits per heavy atom. The summed E-state index contributed by atoms with van der Waals surface area (Å²) in [5, 5.41) is 6.71. The number of halogens is 1. The minimum absolute atomic E-state index is 0.720. The molecule has 0 saturated heterocycles. The predicted octanol–water partition coefficient (Wildman–Crippen LogP) is 11.3. The molecule has 0 amide bonds. The molecule has 0 aliphatic heterocycles. The molecule has 0 aliphatic rings. The van der Waals surface area contributed by atoms with E-state index in [0.717, 1.165) is 43.3 Å². The molecular weight excluding hydrogens is 514 g/mol. The number of nitrogens with zero attached hydrogens (tertiary/aromatic N) is 1. The van der Waals surface area contributed by atoms with Crippen LogP contribution in [0.25, 0.3) is 51.5 Å². The molecule has 0 unspecified atom stereocenters. The topological polar surface area (TPSA) is 16.4 Å². The molecule has 0 radical (unpaired) electrons. The molecule has 8 aromatic rings. The molecule has 0 N–H and O–H groups in total. The lowest BCUT2D eigenvalue weighted by Crippen LogP contribution is -2.09. The molecule has 176 valence electrons. The van der Waals surface area contributed by atoms with Gasteiger partial charge in [-0.15, -0.1) is 11.3 Å². The number of hydrogen-bond donors (Lipinski definition) is 0. The van der Waals surface area contributed by atoms with Crippen LogP contribution in [0.2, 0.25) is 5.02 Å². The third-order valence-corrected chi connectivity index (χ3v) is 9.36. The van der Waals surface area contributed by atoms with Gasteiger partial charge in [0.25, 0.3) is 0 Å². The zero-order valence-corrected chi connectivity index (χ0v) is 21.8. The summed E-state index contributed by atoms with van der Waals surface area (Å²) < 4.78 is 10.00. The maximum atomic E-state index is 6.32. The lowest BCUT2D eigenvalue weighted by Gasteiger charge is -2.25. The van der Waals surface area contributed by atoms with Crippen LogP contribution >= 0.6 is 34.3 Å². The van der Waals surface area contributed by atoms with E-state index in [1.54, 1.807) is 11.3 Å². The van der Waals surface area contributed by atoms with E-state index < -0.39 is 0 Å². The number of benzene rings is 5. The number of para-hydroxylation sites is 1. The Morgan fingerprint density at radius 3 is 2.24 bits per heavy atom. The largest absolute Gasteiger partial charge is 0.445 e. The summed E-state index contributed by atoms with van der Waals surface area (Å²) in [6, 6.07) is 38.5. The molecule has 2 nitrogen and oxygen atoms in total. The van der Waals surface area contributed by atoms with E-state index >= 15 is 0 Å². The fraction of sp³-hybridized carbons (Fsp3) is 0. The molecular formula is C32H18ClNOS2. The van der Waals surface area contributed by atoms with Gasteiger partial charge >= 0.3 is 0 Å².